The molecule has 370 valence electrons. The summed E-state index contributed by atoms with van der Waals surface area (Å²) in [5.41, 5.74) is 0. The third-order valence-electron chi connectivity index (χ3n) is 11.3. The molecule has 2 heterocycles. The lowest BCUT2D eigenvalue weighted by Crippen LogP contribution is -2.61. The maximum atomic E-state index is 12.8. The molecule has 7 N–H and O–H groups in total. The van der Waals surface area contributed by atoms with Gasteiger partial charge >= 0.3 is 5.97 Å². The van der Waals surface area contributed by atoms with Crippen LogP contribution in [0.5, 0.6) is 0 Å². The highest BCUT2D eigenvalue weighted by Crippen LogP contribution is 2.26. The quantitative estimate of drug-likeness (QED) is 0.0200. The van der Waals surface area contributed by atoms with Gasteiger partial charge in [0, 0.05) is 13.0 Å². The topological polar surface area (TPSA) is 214 Å². The number of aliphatic hydroxyl groups excluding tert-OH is 7. The number of rotatable bonds is 37. The molecule has 0 radical (unpaired) electrons. The molecular weight excluding hydrogens is 825 g/mol. The molecular formula is C50H86O14. The summed E-state index contributed by atoms with van der Waals surface area (Å²) in [6, 6.07) is 0. The van der Waals surface area contributed by atoms with E-state index in [1.54, 1.807) is 0 Å². The second kappa shape index (κ2) is 37.7. The van der Waals surface area contributed by atoms with Crippen molar-refractivity contribution in [3.8, 4) is 0 Å². The average molecular weight is 911 g/mol. The van der Waals surface area contributed by atoms with Crippen molar-refractivity contribution in [1.82, 2.24) is 0 Å². The fourth-order valence-corrected chi connectivity index (χ4v) is 7.31. The molecule has 64 heavy (non-hydrogen) atoms. The normalized spacial score (nSPS) is 27.3. The van der Waals surface area contributed by atoms with E-state index in [4.69, 9.17) is 28.4 Å². The minimum absolute atomic E-state index is 0.0533. The Hall–Kier alpha value is -2.31. The van der Waals surface area contributed by atoms with Gasteiger partial charge in [-0.15, -0.1) is 0 Å². The molecule has 0 bridgehead atoms. The van der Waals surface area contributed by atoms with Crippen LogP contribution in [0.2, 0.25) is 0 Å². The summed E-state index contributed by atoms with van der Waals surface area (Å²) in [4.78, 5) is 12.8. The second-order valence-corrected chi connectivity index (χ2v) is 16.9. The molecule has 2 saturated heterocycles. The van der Waals surface area contributed by atoms with Crippen molar-refractivity contribution < 1.29 is 69.0 Å². The highest BCUT2D eigenvalue weighted by atomic mass is 16.7. The zero-order chi connectivity index (χ0) is 46.6. The first-order valence-corrected chi connectivity index (χ1v) is 24.4. The van der Waals surface area contributed by atoms with Crippen LogP contribution in [0.15, 0.2) is 60.8 Å². The Morgan fingerprint density at radius 3 is 1.59 bits per heavy atom. The number of ether oxygens (including phenoxy) is 6. The Morgan fingerprint density at radius 2 is 1.02 bits per heavy atom. The molecule has 11 atom stereocenters. The van der Waals surface area contributed by atoms with Crippen LogP contribution >= 0.6 is 0 Å². The Morgan fingerprint density at radius 1 is 0.531 bits per heavy atom. The number of aliphatic hydroxyl groups is 7. The minimum atomic E-state index is -1.71. The van der Waals surface area contributed by atoms with Gasteiger partial charge in [-0.05, 0) is 57.8 Å². The predicted octanol–water partition coefficient (Wildman–Crippen LogP) is 6.57. The van der Waals surface area contributed by atoms with Crippen molar-refractivity contribution in [3.63, 3.8) is 0 Å². The Balaban J connectivity index is 1.68. The van der Waals surface area contributed by atoms with Crippen LogP contribution in [-0.4, -0.2) is 142 Å². The van der Waals surface area contributed by atoms with E-state index in [0.29, 0.717) is 13.0 Å². The standard InChI is InChI=1S/C50H86O14/c1-3-5-7-9-11-12-13-14-15-16-17-18-19-20-21-22-23-24-25-26-27-28-30-32-34-59-36-39(62-42(52)33-31-29-10-8-6-4-2)37-60-49-48(58)46(56)44(54)41(64-49)38-61-50-47(57)45(55)43(53)40(35-51)63-50/h5,7,11-12,14-15,17-18,20-21,39-41,43-51,53-58H,3-4,6,8-10,13,16,19,22-38H2,1-2H3/b7-5-,12-11-,15-14-,18-17-,21-20-. The van der Waals surface area contributed by atoms with Gasteiger partial charge in [-0.25, -0.2) is 0 Å². The molecule has 0 amide bonds. The fourth-order valence-electron chi connectivity index (χ4n) is 7.31. The van der Waals surface area contributed by atoms with E-state index in [2.05, 4.69) is 74.6 Å². The van der Waals surface area contributed by atoms with Gasteiger partial charge < -0.3 is 64.2 Å². The van der Waals surface area contributed by atoms with Crippen LogP contribution in [-0.2, 0) is 33.2 Å². The minimum Gasteiger partial charge on any atom is -0.457 e. The zero-order valence-electron chi connectivity index (χ0n) is 39.0. The maximum absolute atomic E-state index is 12.8. The Labute approximate surface area is 384 Å². The van der Waals surface area contributed by atoms with Gasteiger partial charge in [0.05, 0.1) is 26.4 Å². The number of hydrogen-bond acceptors (Lipinski definition) is 14. The van der Waals surface area contributed by atoms with Gasteiger partial charge in [-0.3, -0.25) is 4.79 Å². The fraction of sp³-hybridized carbons (Fsp3) is 0.780. The first-order chi connectivity index (χ1) is 31.1. The van der Waals surface area contributed by atoms with Crippen molar-refractivity contribution in [2.24, 2.45) is 0 Å². The Bertz CT molecular complexity index is 1290. The SMILES string of the molecule is CC/C=C\C/C=C\C/C=C\C/C=C\C/C=C\CCCCCCCCCCOCC(COC1OC(COC2OC(CO)C(O)C(O)C2O)C(O)C(O)C1O)OC(=O)CCCCCCCC. The number of carbonyl (C=O) groups is 1. The van der Waals surface area contributed by atoms with Crippen molar-refractivity contribution >= 4 is 5.97 Å². The summed E-state index contributed by atoms with van der Waals surface area (Å²) in [5.74, 6) is -0.392. The predicted molar refractivity (Wildman–Crippen MR) is 247 cm³/mol. The first-order valence-electron chi connectivity index (χ1n) is 24.4. The van der Waals surface area contributed by atoms with E-state index in [1.807, 2.05) is 0 Å². The molecule has 11 unspecified atom stereocenters. The summed E-state index contributed by atoms with van der Waals surface area (Å²) >= 11 is 0. The number of unbranched alkanes of at least 4 members (excludes halogenated alkanes) is 13. The molecule has 0 aromatic carbocycles. The number of hydrogen-bond donors (Lipinski definition) is 7. The van der Waals surface area contributed by atoms with Crippen LogP contribution in [0.25, 0.3) is 0 Å². The van der Waals surface area contributed by atoms with Gasteiger partial charge in [-0.2, -0.15) is 0 Å². The lowest BCUT2D eigenvalue weighted by molar-refractivity contribution is -0.332. The van der Waals surface area contributed by atoms with Gasteiger partial charge in [-0.1, -0.05) is 145 Å². The van der Waals surface area contributed by atoms with Crippen molar-refractivity contribution in [3.05, 3.63) is 60.8 Å². The van der Waals surface area contributed by atoms with E-state index in [-0.39, 0.29) is 19.6 Å². The first kappa shape index (κ1) is 57.8. The van der Waals surface area contributed by atoms with Crippen LogP contribution in [0.1, 0.15) is 149 Å². The maximum Gasteiger partial charge on any atom is 0.306 e. The van der Waals surface area contributed by atoms with Crippen molar-refractivity contribution in [1.29, 1.82) is 0 Å². The van der Waals surface area contributed by atoms with Crippen LogP contribution in [0.3, 0.4) is 0 Å². The molecule has 2 rings (SSSR count). The van der Waals surface area contributed by atoms with Crippen LogP contribution < -0.4 is 0 Å². The molecule has 0 saturated carbocycles. The molecule has 14 nitrogen and oxygen atoms in total. The third-order valence-corrected chi connectivity index (χ3v) is 11.3. The largest absolute Gasteiger partial charge is 0.457 e. The highest BCUT2D eigenvalue weighted by Gasteiger charge is 2.47. The molecule has 14 heteroatoms. The summed E-state index contributed by atoms with van der Waals surface area (Å²) in [7, 11) is 0. The number of allylic oxidation sites excluding steroid dienone is 10. The molecule has 0 aromatic heterocycles. The van der Waals surface area contributed by atoms with E-state index in [0.717, 1.165) is 89.9 Å². The van der Waals surface area contributed by atoms with Crippen molar-refractivity contribution in [2.45, 2.75) is 216 Å². The van der Waals surface area contributed by atoms with Crippen LogP contribution in [0, 0.1) is 0 Å². The third kappa shape index (κ3) is 25.6. The van der Waals surface area contributed by atoms with Crippen LogP contribution in [0.4, 0.5) is 0 Å². The van der Waals surface area contributed by atoms with E-state index in [1.165, 1.54) is 32.1 Å². The van der Waals surface area contributed by atoms with E-state index >= 15 is 0 Å². The summed E-state index contributed by atoms with van der Waals surface area (Å²) in [5, 5.41) is 71.8. The summed E-state index contributed by atoms with van der Waals surface area (Å²) < 4.78 is 34.0. The lowest BCUT2D eigenvalue weighted by atomic mass is 9.98. The zero-order valence-corrected chi connectivity index (χ0v) is 39.0. The van der Waals surface area contributed by atoms with Gasteiger partial charge in [0.15, 0.2) is 12.6 Å². The summed E-state index contributed by atoms with van der Waals surface area (Å²) in [6.07, 6.45) is 27.6. The van der Waals surface area contributed by atoms with Gasteiger partial charge in [0.2, 0.25) is 0 Å². The van der Waals surface area contributed by atoms with Gasteiger partial charge in [0.25, 0.3) is 0 Å². The molecule has 2 fully saturated rings. The molecule has 0 aromatic rings. The Kier molecular flexibility index (Phi) is 34.1. The smallest absolute Gasteiger partial charge is 0.306 e. The molecule has 0 spiro atoms. The molecule has 2 aliphatic rings. The van der Waals surface area contributed by atoms with E-state index in [9.17, 15) is 40.5 Å². The molecule has 2 aliphatic heterocycles. The lowest BCUT2D eigenvalue weighted by Gasteiger charge is -2.42. The number of esters is 1. The second-order valence-electron chi connectivity index (χ2n) is 16.9. The highest BCUT2D eigenvalue weighted by molar-refractivity contribution is 5.69. The summed E-state index contributed by atoms with van der Waals surface area (Å²) in [6.45, 7) is 3.46. The van der Waals surface area contributed by atoms with Gasteiger partial charge in [0.1, 0.15) is 54.9 Å². The number of carbonyl (C=O) groups excluding carboxylic acids is 1. The van der Waals surface area contributed by atoms with Crippen molar-refractivity contribution in [2.75, 3.05) is 33.0 Å². The van der Waals surface area contributed by atoms with E-state index < -0.39 is 86.7 Å². The monoisotopic (exact) mass is 911 g/mol. The molecule has 0 aliphatic carbocycles. The average Bonchev–Trinajstić information content (AvgIpc) is 3.29.